The van der Waals surface area contributed by atoms with Crippen LogP contribution in [-0.4, -0.2) is 68.2 Å². The normalized spacial score (nSPS) is 11.6. The zero-order valence-corrected chi connectivity index (χ0v) is 32.0. The molecular weight excluding hydrogens is 662 g/mol. The van der Waals surface area contributed by atoms with Crippen LogP contribution >= 0.6 is 0 Å². The Labute approximate surface area is 294 Å². The topological polar surface area (TPSA) is 207 Å². The largest absolute Gasteiger partial charge is 2.00 e. The predicted octanol–water partition coefficient (Wildman–Crippen LogP) is 6.68. The van der Waals surface area contributed by atoms with E-state index in [-0.39, 0.29) is 57.0 Å². The monoisotopic (exact) mass is 722 g/mol. The van der Waals surface area contributed by atoms with E-state index in [4.69, 9.17) is 20.4 Å². The number of carbonyl (C=O) groups is 6. The summed E-state index contributed by atoms with van der Waals surface area (Å²) in [5.74, 6) is -5.14. The molecule has 0 saturated carbocycles. The molecule has 0 radical (unpaired) electrons. The number of carboxylic acid groups (broad SMARTS) is 4. The summed E-state index contributed by atoms with van der Waals surface area (Å²) in [7, 11) is 0. The summed E-state index contributed by atoms with van der Waals surface area (Å²) in [5.41, 5.74) is 0. The molecule has 0 aliphatic rings. The molecular formula is C34H62N2O10Zn+2. The van der Waals surface area contributed by atoms with Gasteiger partial charge >= 0.3 is 43.4 Å². The minimum Gasteiger partial charge on any atom is -0.481 e. The quantitative estimate of drug-likeness (QED) is 0.0342. The van der Waals surface area contributed by atoms with E-state index in [0.29, 0.717) is 12.8 Å². The van der Waals surface area contributed by atoms with Crippen LogP contribution in [-0.2, 0) is 48.2 Å². The number of hydrogen-bond acceptors (Lipinski definition) is 6. The number of carbonyl (C=O) groups excluding carboxylic acids is 2. The number of aliphatic carboxylic acids is 4. The smallest absolute Gasteiger partial charge is 0.481 e. The maximum atomic E-state index is 11.7. The Kier molecular flexibility index (Phi) is 36.1. The van der Waals surface area contributed by atoms with Crippen molar-refractivity contribution in [3.05, 3.63) is 0 Å². The van der Waals surface area contributed by atoms with Gasteiger partial charge < -0.3 is 31.1 Å². The molecule has 0 aliphatic carbocycles. The number of carboxylic acids is 4. The summed E-state index contributed by atoms with van der Waals surface area (Å²) < 4.78 is 0. The van der Waals surface area contributed by atoms with Gasteiger partial charge in [0.1, 0.15) is 12.1 Å². The summed E-state index contributed by atoms with van der Waals surface area (Å²) in [6.45, 7) is 4.39. The molecule has 0 bridgehead atoms. The molecule has 47 heavy (non-hydrogen) atoms. The molecule has 0 saturated heterocycles. The van der Waals surface area contributed by atoms with Crippen molar-refractivity contribution in [2.24, 2.45) is 0 Å². The Morgan fingerprint density at radius 1 is 0.426 bits per heavy atom. The fourth-order valence-corrected chi connectivity index (χ4v) is 4.78. The van der Waals surface area contributed by atoms with Gasteiger partial charge in [0.25, 0.3) is 0 Å². The summed E-state index contributed by atoms with van der Waals surface area (Å²) >= 11 is 0. The first-order valence-corrected chi connectivity index (χ1v) is 17.4. The van der Waals surface area contributed by atoms with Crippen molar-refractivity contribution in [3.8, 4) is 0 Å². The van der Waals surface area contributed by atoms with Gasteiger partial charge in [-0.1, -0.05) is 117 Å². The van der Waals surface area contributed by atoms with E-state index in [1.54, 1.807) is 0 Å². The van der Waals surface area contributed by atoms with Crippen LogP contribution < -0.4 is 10.6 Å². The van der Waals surface area contributed by atoms with Gasteiger partial charge in [0, 0.05) is 25.7 Å². The minimum absolute atomic E-state index is 0. The van der Waals surface area contributed by atoms with Crippen molar-refractivity contribution in [2.75, 3.05) is 0 Å². The molecule has 268 valence electrons. The van der Waals surface area contributed by atoms with Crippen molar-refractivity contribution in [1.82, 2.24) is 10.6 Å². The Morgan fingerprint density at radius 2 is 0.681 bits per heavy atom. The van der Waals surface area contributed by atoms with Crippen LogP contribution in [0.3, 0.4) is 0 Å². The van der Waals surface area contributed by atoms with Crippen molar-refractivity contribution in [3.63, 3.8) is 0 Å². The van der Waals surface area contributed by atoms with Crippen LogP contribution in [0.5, 0.6) is 0 Å². The zero-order valence-electron chi connectivity index (χ0n) is 29.1. The van der Waals surface area contributed by atoms with Crippen LogP contribution in [0.4, 0.5) is 0 Å². The molecule has 0 rings (SSSR count). The number of nitrogens with one attached hydrogen (secondary N) is 2. The average Bonchev–Trinajstić information content (AvgIpc) is 2.99. The third-order valence-electron chi connectivity index (χ3n) is 7.58. The molecule has 0 aliphatic heterocycles. The molecule has 0 heterocycles. The van der Waals surface area contributed by atoms with E-state index < -0.39 is 36.0 Å². The first-order chi connectivity index (χ1) is 21.9. The van der Waals surface area contributed by atoms with E-state index in [1.807, 2.05) is 0 Å². The second kappa shape index (κ2) is 34.8. The van der Waals surface area contributed by atoms with Crippen LogP contribution in [0, 0.1) is 0 Å². The Bertz CT molecular complexity index is 789. The van der Waals surface area contributed by atoms with Crippen molar-refractivity contribution >= 4 is 35.7 Å². The zero-order chi connectivity index (χ0) is 35.0. The van der Waals surface area contributed by atoms with Crippen LogP contribution in [0.15, 0.2) is 0 Å². The van der Waals surface area contributed by atoms with Gasteiger partial charge in [-0.3, -0.25) is 19.2 Å². The maximum absolute atomic E-state index is 11.7. The van der Waals surface area contributed by atoms with E-state index in [2.05, 4.69) is 24.5 Å². The first kappa shape index (κ1) is 48.8. The van der Waals surface area contributed by atoms with E-state index in [9.17, 15) is 28.8 Å². The molecule has 0 aromatic heterocycles. The van der Waals surface area contributed by atoms with Gasteiger partial charge in [-0.05, 0) is 25.7 Å². The van der Waals surface area contributed by atoms with Gasteiger partial charge in [-0.15, -0.1) is 0 Å². The number of unbranched alkanes of at least 4 members (excludes halogenated alkanes) is 16. The van der Waals surface area contributed by atoms with Crippen LogP contribution in [0.2, 0.25) is 0 Å². The molecule has 0 aromatic carbocycles. The maximum Gasteiger partial charge on any atom is 2.00 e. The summed E-state index contributed by atoms with van der Waals surface area (Å²) in [6.07, 6.45) is 20.6. The number of rotatable bonds is 30. The second-order valence-electron chi connectivity index (χ2n) is 11.9. The molecule has 0 spiro atoms. The Hall–Kier alpha value is -2.56. The summed E-state index contributed by atoms with van der Waals surface area (Å²) in [4.78, 5) is 66.2. The summed E-state index contributed by atoms with van der Waals surface area (Å²) in [6, 6.07) is -2.23. The van der Waals surface area contributed by atoms with Crippen molar-refractivity contribution in [2.45, 2.75) is 180 Å². The standard InChI is InChI=1S/2C17H31NO5.Zn/c2*1-2-3-4-5-6-7-8-9-10-11-15(19)18-14(17(22)23)12-13-16(20)21;/h2*14H,2-13H2,1H3,(H,18,19)(H,20,21)(H,22,23);/q;;+2/t2*14-;/m00./s1. The average molecular weight is 724 g/mol. The molecule has 0 unspecified atom stereocenters. The third kappa shape index (κ3) is 36.1. The van der Waals surface area contributed by atoms with E-state index >= 15 is 0 Å². The van der Waals surface area contributed by atoms with Gasteiger partial charge in [0.2, 0.25) is 11.8 Å². The molecule has 13 heteroatoms. The molecule has 2 amide bonds. The third-order valence-corrected chi connectivity index (χ3v) is 7.58. The Morgan fingerprint density at radius 3 is 0.915 bits per heavy atom. The van der Waals surface area contributed by atoms with Crippen LogP contribution in [0.1, 0.15) is 168 Å². The van der Waals surface area contributed by atoms with Gasteiger partial charge in [0.05, 0.1) is 0 Å². The van der Waals surface area contributed by atoms with E-state index in [0.717, 1.165) is 38.5 Å². The number of amides is 2. The molecule has 12 nitrogen and oxygen atoms in total. The molecule has 6 N–H and O–H groups in total. The fourth-order valence-electron chi connectivity index (χ4n) is 4.78. The van der Waals surface area contributed by atoms with E-state index in [1.165, 1.54) is 77.0 Å². The molecule has 0 aromatic rings. The van der Waals surface area contributed by atoms with Crippen molar-refractivity contribution in [1.29, 1.82) is 0 Å². The minimum atomic E-state index is -1.19. The van der Waals surface area contributed by atoms with Gasteiger partial charge in [0.15, 0.2) is 0 Å². The summed E-state index contributed by atoms with van der Waals surface area (Å²) in [5, 5.41) is 39.8. The number of hydrogen-bond donors (Lipinski definition) is 6. The second-order valence-corrected chi connectivity index (χ2v) is 11.9. The molecule has 0 fully saturated rings. The first-order valence-electron chi connectivity index (χ1n) is 17.4. The van der Waals surface area contributed by atoms with Crippen molar-refractivity contribution < 1.29 is 68.7 Å². The SMILES string of the molecule is CCCCCCCCCCCC(=O)N[C@@H](CCC(=O)O)C(=O)O.CCCCCCCCCCCC(=O)N[C@@H](CCC(=O)O)C(=O)O.[Zn+2]. The fraction of sp³-hybridized carbons (Fsp3) is 0.824. The Balaban J connectivity index is -0.000000807. The van der Waals surface area contributed by atoms with Gasteiger partial charge in [-0.25, -0.2) is 9.59 Å². The van der Waals surface area contributed by atoms with Gasteiger partial charge in [-0.2, -0.15) is 0 Å². The molecule has 2 atom stereocenters. The van der Waals surface area contributed by atoms with Crippen LogP contribution in [0.25, 0.3) is 0 Å². The predicted molar refractivity (Wildman–Crippen MR) is 177 cm³/mol.